The third kappa shape index (κ3) is 3.61. The fraction of sp³-hybridized carbons (Fsp3) is 0.250. The molecule has 0 unspecified atom stereocenters. The highest BCUT2D eigenvalue weighted by Gasteiger charge is 2.30. The molecule has 1 aromatic carbocycles. The van der Waals surface area contributed by atoms with Crippen LogP contribution in [0.25, 0.3) is 11.4 Å². The van der Waals surface area contributed by atoms with Crippen LogP contribution in [0.1, 0.15) is 29.2 Å². The Morgan fingerprint density at radius 2 is 2.17 bits per heavy atom. The van der Waals surface area contributed by atoms with E-state index in [2.05, 4.69) is 25.1 Å². The van der Waals surface area contributed by atoms with Crippen LogP contribution < -0.4 is 10.1 Å². The Hall–Kier alpha value is -3.20. The number of anilines is 1. The zero-order valence-corrected chi connectivity index (χ0v) is 16.2. The molecule has 0 spiro atoms. The Morgan fingerprint density at radius 3 is 2.97 bits per heavy atom. The minimum absolute atomic E-state index is 0.00770. The maximum atomic E-state index is 12.7. The number of nitrogens with zero attached hydrogens (tertiary/aromatic N) is 4. The van der Waals surface area contributed by atoms with E-state index in [1.165, 1.54) is 11.8 Å². The van der Waals surface area contributed by atoms with Gasteiger partial charge in [-0.1, -0.05) is 11.8 Å². The average molecular weight is 407 g/mol. The molecule has 1 fully saturated rings. The van der Waals surface area contributed by atoms with Crippen molar-refractivity contribution in [3.63, 3.8) is 0 Å². The molecule has 0 bridgehead atoms. The van der Waals surface area contributed by atoms with Crippen LogP contribution in [0.2, 0.25) is 0 Å². The van der Waals surface area contributed by atoms with Gasteiger partial charge in [0.05, 0.1) is 11.4 Å². The second-order valence-electron chi connectivity index (χ2n) is 6.91. The van der Waals surface area contributed by atoms with Gasteiger partial charge in [-0.05, 0) is 43.2 Å². The Morgan fingerprint density at radius 1 is 1.28 bits per heavy atom. The zero-order chi connectivity index (χ0) is 19.8. The predicted molar refractivity (Wildman–Crippen MR) is 107 cm³/mol. The van der Waals surface area contributed by atoms with Crippen LogP contribution in [0.15, 0.2) is 47.9 Å². The molecular weight excluding hydrogens is 390 g/mol. The summed E-state index contributed by atoms with van der Waals surface area (Å²) in [5.74, 6) is 1.31. The molecule has 3 aromatic rings. The SMILES string of the molecule is O=C1COc2ccc(C(=O)CSc3nnc(-c4cccnc4)n3C3CC3)cc2N1. The van der Waals surface area contributed by atoms with Crippen molar-refractivity contribution in [2.24, 2.45) is 0 Å². The Bertz CT molecular complexity index is 1090. The summed E-state index contributed by atoms with van der Waals surface area (Å²) in [6.07, 6.45) is 5.66. The molecule has 3 heterocycles. The van der Waals surface area contributed by atoms with Gasteiger partial charge in [0.1, 0.15) is 5.75 Å². The quantitative estimate of drug-likeness (QED) is 0.495. The van der Waals surface area contributed by atoms with Crippen molar-refractivity contribution in [3.05, 3.63) is 48.3 Å². The molecule has 0 atom stereocenters. The standard InChI is InChI=1S/C20H17N5O3S/c26-16(12-3-6-17-15(8-12)22-18(27)10-28-17)11-29-20-24-23-19(25(20)14-4-5-14)13-2-1-7-21-9-13/h1-3,6-9,14H,4-5,10-11H2,(H,22,27). The average Bonchev–Trinajstić information content (AvgIpc) is 3.50. The van der Waals surface area contributed by atoms with Crippen molar-refractivity contribution >= 4 is 29.1 Å². The maximum Gasteiger partial charge on any atom is 0.262 e. The van der Waals surface area contributed by atoms with E-state index < -0.39 is 0 Å². The molecule has 2 aromatic heterocycles. The highest BCUT2D eigenvalue weighted by molar-refractivity contribution is 7.99. The predicted octanol–water partition coefficient (Wildman–Crippen LogP) is 2.98. The van der Waals surface area contributed by atoms with E-state index in [1.807, 2.05) is 12.1 Å². The first-order chi connectivity index (χ1) is 14.2. The summed E-state index contributed by atoms with van der Waals surface area (Å²) in [5.41, 5.74) is 1.96. The molecule has 9 heteroatoms. The second kappa shape index (κ2) is 7.32. The topological polar surface area (TPSA) is 99.0 Å². The Labute approximate surface area is 170 Å². The number of thioether (sulfide) groups is 1. The van der Waals surface area contributed by atoms with E-state index >= 15 is 0 Å². The molecule has 1 aliphatic carbocycles. The lowest BCUT2D eigenvalue weighted by Crippen LogP contribution is -2.25. The summed E-state index contributed by atoms with van der Waals surface area (Å²) < 4.78 is 7.45. The smallest absolute Gasteiger partial charge is 0.262 e. The van der Waals surface area contributed by atoms with Crippen molar-refractivity contribution < 1.29 is 14.3 Å². The number of ether oxygens (including phenoxy) is 1. The summed E-state index contributed by atoms with van der Waals surface area (Å²) >= 11 is 1.37. The van der Waals surface area contributed by atoms with Gasteiger partial charge >= 0.3 is 0 Å². The second-order valence-corrected chi connectivity index (χ2v) is 7.85. The van der Waals surface area contributed by atoms with Crippen LogP contribution in [0.3, 0.4) is 0 Å². The Balaban J connectivity index is 1.34. The molecule has 1 amide bonds. The van der Waals surface area contributed by atoms with Gasteiger partial charge in [-0.15, -0.1) is 10.2 Å². The number of ketones is 1. The molecule has 8 nitrogen and oxygen atoms in total. The summed E-state index contributed by atoms with van der Waals surface area (Å²) in [4.78, 5) is 28.4. The third-order valence-electron chi connectivity index (χ3n) is 4.76. The summed E-state index contributed by atoms with van der Waals surface area (Å²) in [7, 11) is 0. The van der Waals surface area contributed by atoms with Gasteiger partial charge in [0, 0.05) is 29.6 Å². The number of amides is 1. The molecule has 1 saturated carbocycles. The lowest BCUT2D eigenvalue weighted by Gasteiger charge is -2.18. The summed E-state index contributed by atoms with van der Waals surface area (Å²) in [5, 5.41) is 12.1. The fourth-order valence-corrected chi connectivity index (χ4v) is 4.10. The van der Waals surface area contributed by atoms with Crippen LogP contribution in [0, 0.1) is 0 Å². The molecular formula is C20H17N5O3S. The lowest BCUT2D eigenvalue weighted by atomic mass is 10.1. The number of carbonyl (C=O) groups excluding carboxylic acids is 2. The number of pyridine rings is 1. The van der Waals surface area contributed by atoms with Crippen molar-refractivity contribution in [1.82, 2.24) is 19.7 Å². The van der Waals surface area contributed by atoms with Crippen LogP contribution in [0.4, 0.5) is 5.69 Å². The molecule has 146 valence electrons. The first-order valence-corrected chi connectivity index (χ1v) is 10.3. The van der Waals surface area contributed by atoms with Crippen molar-refractivity contribution in [2.75, 3.05) is 17.7 Å². The number of hydrogen-bond acceptors (Lipinski definition) is 7. The van der Waals surface area contributed by atoms with E-state index in [0.717, 1.165) is 29.4 Å². The number of aromatic nitrogens is 4. The normalized spacial score (nSPS) is 15.4. The van der Waals surface area contributed by atoms with Crippen LogP contribution >= 0.6 is 11.8 Å². The number of rotatable bonds is 6. The van der Waals surface area contributed by atoms with E-state index in [9.17, 15) is 9.59 Å². The van der Waals surface area contributed by atoms with Crippen molar-refractivity contribution in [1.29, 1.82) is 0 Å². The van der Waals surface area contributed by atoms with Gasteiger partial charge < -0.3 is 10.1 Å². The number of benzene rings is 1. The van der Waals surface area contributed by atoms with Gasteiger partial charge in [0.25, 0.3) is 5.91 Å². The fourth-order valence-electron chi connectivity index (χ4n) is 3.20. The summed E-state index contributed by atoms with van der Waals surface area (Å²) in [6.45, 7) is -0.00770. The van der Waals surface area contributed by atoms with Gasteiger partial charge in [0.15, 0.2) is 23.4 Å². The first-order valence-electron chi connectivity index (χ1n) is 9.27. The summed E-state index contributed by atoms with van der Waals surface area (Å²) in [6, 6.07) is 9.28. The van der Waals surface area contributed by atoms with Crippen molar-refractivity contribution in [2.45, 2.75) is 24.0 Å². The zero-order valence-electron chi connectivity index (χ0n) is 15.4. The van der Waals surface area contributed by atoms with Gasteiger partial charge in [-0.3, -0.25) is 19.1 Å². The lowest BCUT2D eigenvalue weighted by molar-refractivity contribution is -0.118. The minimum Gasteiger partial charge on any atom is -0.482 e. The monoisotopic (exact) mass is 407 g/mol. The van der Waals surface area contributed by atoms with E-state index in [-0.39, 0.29) is 24.1 Å². The number of hydrogen-bond donors (Lipinski definition) is 1. The van der Waals surface area contributed by atoms with Gasteiger partial charge in [-0.2, -0.15) is 0 Å². The minimum atomic E-state index is -0.225. The molecule has 0 saturated heterocycles. The molecule has 0 radical (unpaired) electrons. The highest BCUT2D eigenvalue weighted by atomic mass is 32.2. The molecule has 1 aliphatic heterocycles. The maximum absolute atomic E-state index is 12.7. The van der Waals surface area contributed by atoms with Gasteiger partial charge in [-0.25, -0.2) is 0 Å². The van der Waals surface area contributed by atoms with E-state index in [0.29, 0.717) is 23.0 Å². The number of carbonyl (C=O) groups is 2. The first kappa shape index (κ1) is 17.9. The number of Topliss-reactive ketones (excluding diaryl/α,β-unsaturated/α-hetero) is 1. The third-order valence-corrected chi connectivity index (χ3v) is 5.71. The molecule has 5 rings (SSSR count). The van der Waals surface area contributed by atoms with E-state index in [1.54, 1.807) is 30.6 Å². The molecule has 2 aliphatic rings. The van der Waals surface area contributed by atoms with Crippen LogP contribution in [-0.4, -0.2) is 43.8 Å². The van der Waals surface area contributed by atoms with Crippen LogP contribution in [-0.2, 0) is 4.79 Å². The number of nitrogens with one attached hydrogen (secondary N) is 1. The molecule has 29 heavy (non-hydrogen) atoms. The van der Waals surface area contributed by atoms with Crippen LogP contribution in [0.5, 0.6) is 5.75 Å². The van der Waals surface area contributed by atoms with Gasteiger partial charge in [0.2, 0.25) is 0 Å². The Kier molecular flexibility index (Phi) is 4.51. The van der Waals surface area contributed by atoms with Crippen molar-refractivity contribution in [3.8, 4) is 17.1 Å². The highest BCUT2D eigenvalue weighted by Crippen LogP contribution is 2.41. The number of fused-ring (bicyclic) bond motifs is 1. The largest absolute Gasteiger partial charge is 0.482 e. The van der Waals surface area contributed by atoms with E-state index in [4.69, 9.17) is 4.74 Å². The molecule has 1 N–H and O–H groups in total.